The van der Waals surface area contributed by atoms with Gasteiger partial charge in [0.05, 0.1) is 5.69 Å². The Labute approximate surface area is 148 Å². The van der Waals surface area contributed by atoms with Crippen LogP contribution in [0.2, 0.25) is 0 Å². The molecule has 1 aromatic carbocycles. The number of nitrogen functional groups attached to an aromatic ring is 1. The largest absolute Gasteiger partial charge is 0.505 e. The lowest BCUT2D eigenvalue weighted by atomic mass is 10.1. The summed E-state index contributed by atoms with van der Waals surface area (Å²) >= 11 is 0. The fraction of sp³-hybridized carbons (Fsp3) is 0.700. The lowest BCUT2D eigenvalue weighted by Crippen LogP contribution is -2.26. The molecule has 0 heterocycles. The van der Waals surface area contributed by atoms with Gasteiger partial charge in [0.2, 0.25) is 0 Å². The number of hydrogen-bond acceptors (Lipinski definition) is 4. The van der Waals surface area contributed by atoms with Crippen molar-refractivity contribution in [3.05, 3.63) is 23.3 Å². The summed E-state index contributed by atoms with van der Waals surface area (Å²) in [6.45, 7) is 14.8. The number of hydrogen-bond donors (Lipinski definition) is 2. The maximum absolute atomic E-state index is 10.4. The number of phenols is 1. The van der Waals surface area contributed by atoms with Gasteiger partial charge in [-0.1, -0.05) is 27.7 Å². The maximum Gasteiger partial charge on any atom is 0.142 e. The van der Waals surface area contributed by atoms with Crippen molar-refractivity contribution in [2.45, 2.75) is 66.5 Å². The summed E-state index contributed by atoms with van der Waals surface area (Å²) in [5.41, 5.74) is 8.75. The predicted octanol–water partition coefficient (Wildman–Crippen LogP) is 4.22. The smallest absolute Gasteiger partial charge is 0.142 e. The molecule has 0 atom stereocenters. The second-order valence-corrected chi connectivity index (χ2v) is 6.75. The molecule has 0 aliphatic heterocycles. The maximum atomic E-state index is 10.4. The van der Waals surface area contributed by atoms with E-state index in [9.17, 15) is 5.11 Å². The molecule has 4 nitrogen and oxygen atoms in total. The zero-order chi connectivity index (χ0) is 17.9. The van der Waals surface area contributed by atoms with E-state index in [2.05, 4.69) is 43.6 Å². The Morgan fingerprint density at radius 2 is 1.25 bits per heavy atom. The van der Waals surface area contributed by atoms with Crippen LogP contribution in [0.15, 0.2) is 12.1 Å². The van der Waals surface area contributed by atoms with Gasteiger partial charge in [-0.05, 0) is 69.6 Å². The molecule has 0 aliphatic carbocycles. The van der Waals surface area contributed by atoms with Crippen LogP contribution in [0.4, 0.5) is 5.69 Å². The number of nitrogens with zero attached hydrogens (tertiary/aromatic N) is 2. The third-order valence-electron chi connectivity index (χ3n) is 4.24. The highest BCUT2D eigenvalue weighted by molar-refractivity contribution is 5.58. The van der Waals surface area contributed by atoms with E-state index in [1.165, 1.54) is 5.56 Å². The number of anilines is 1. The second kappa shape index (κ2) is 11.3. The average Bonchev–Trinajstić information content (AvgIpc) is 2.53. The highest BCUT2D eigenvalue weighted by Crippen LogP contribution is 2.29. The summed E-state index contributed by atoms with van der Waals surface area (Å²) in [7, 11) is 0. The Balaban J connectivity index is 2.94. The third-order valence-corrected chi connectivity index (χ3v) is 4.24. The Bertz CT molecular complexity index is 464. The monoisotopic (exact) mass is 335 g/mol. The SMILES string of the molecule is CCCN(CCC)Cc1cc(N)c(O)c(CN(CCC)CCC)c1. The van der Waals surface area contributed by atoms with Crippen molar-refractivity contribution >= 4 is 5.69 Å². The van der Waals surface area contributed by atoms with E-state index in [4.69, 9.17) is 5.73 Å². The molecule has 0 aromatic heterocycles. The first-order valence-corrected chi connectivity index (χ1v) is 9.60. The fourth-order valence-electron chi connectivity index (χ4n) is 3.30. The predicted molar refractivity (Wildman–Crippen MR) is 104 cm³/mol. The molecule has 0 fully saturated rings. The summed E-state index contributed by atoms with van der Waals surface area (Å²) in [6.07, 6.45) is 4.55. The standard InChI is InChI=1S/C20H37N3O/c1-5-9-22(10-6-2)15-17-13-18(20(24)19(21)14-17)16-23(11-7-3)12-8-4/h13-14,24H,5-12,15-16,21H2,1-4H3. The van der Waals surface area contributed by atoms with Gasteiger partial charge in [-0.2, -0.15) is 0 Å². The zero-order valence-electron chi connectivity index (χ0n) is 16.1. The number of benzene rings is 1. The summed E-state index contributed by atoms with van der Waals surface area (Å²) in [4.78, 5) is 4.86. The van der Waals surface area contributed by atoms with Crippen LogP contribution in [0.3, 0.4) is 0 Å². The minimum atomic E-state index is 0.258. The Kier molecular flexibility index (Phi) is 9.80. The van der Waals surface area contributed by atoms with Crippen LogP contribution in [0.1, 0.15) is 64.5 Å². The van der Waals surface area contributed by atoms with E-state index in [-0.39, 0.29) is 5.75 Å². The fourth-order valence-corrected chi connectivity index (χ4v) is 3.30. The van der Waals surface area contributed by atoms with Crippen LogP contribution in [0.5, 0.6) is 5.75 Å². The molecule has 0 bridgehead atoms. The number of phenolic OH excluding ortho intramolecular Hbond substituents is 1. The average molecular weight is 336 g/mol. The van der Waals surface area contributed by atoms with E-state index in [0.717, 1.165) is 70.5 Å². The lowest BCUT2D eigenvalue weighted by Gasteiger charge is -2.24. The van der Waals surface area contributed by atoms with Crippen molar-refractivity contribution in [2.24, 2.45) is 0 Å². The topological polar surface area (TPSA) is 52.7 Å². The quantitative estimate of drug-likeness (QED) is 0.443. The van der Waals surface area contributed by atoms with Crippen LogP contribution in [0, 0.1) is 0 Å². The van der Waals surface area contributed by atoms with Gasteiger partial charge in [0.1, 0.15) is 5.75 Å². The van der Waals surface area contributed by atoms with Gasteiger partial charge >= 0.3 is 0 Å². The molecule has 0 radical (unpaired) electrons. The van der Waals surface area contributed by atoms with Crippen molar-refractivity contribution in [2.75, 3.05) is 31.9 Å². The first-order chi connectivity index (χ1) is 11.5. The summed E-state index contributed by atoms with van der Waals surface area (Å²) in [6, 6.07) is 4.07. The van der Waals surface area contributed by atoms with Crippen molar-refractivity contribution in [1.82, 2.24) is 9.80 Å². The Morgan fingerprint density at radius 1 is 0.792 bits per heavy atom. The molecule has 138 valence electrons. The Hall–Kier alpha value is -1.26. The van der Waals surface area contributed by atoms with E-state index in [1.807, 2.05) is 6.07 Å². The number of rotatable bonds is 12. The van der Waals surface area contributed by atoms with Crippen LogP contribution in [-0.4, -0.2) is 41.1 Å². The van der Waals surface area contributed by atoms with Gasteiger partial charge in [-0.15, -0.1) is 0 Å². The summed E-state index contributed by atoms with van der Waals surface area (Å²) in [5, 5.41) is 10.4. The van der Waals surface area contributed by atoms with Crippen LogP contribution in [-0.2, 0) is 13.1 Å². The number of aromatic hydroxyl groups is 1. The molecule has 0 aliphatic rings. The molecule has 0 unspecified atom stereocenters. The third kappa shape index (κ3) is 6.70. The van der Waals surface area contributed by atoms with Crippen LogP contribution in [0.25, 0.3) is 0 Å². The van der Waals surface area contributed by atoms with Crippen molar-refractivity contribution in [3.8, 4) is 5.75 Å². The Morgan fingerprint density at radius 3 is 1.71 bits per heavy atom. The second-order valence-electron chi connectivity index (χ2n) is 6.75. The zero-order valence-corrected chi connectivity index (χ0v) is 16.1. The highest BCUT2D eigenvalue weighted by Gasteiger charge is 2.13. The van der Waals surface area contributed by atoms with Gasteiger partial charge in [0.15, 0.2) is 0 Å². The molecular formula is C20H37N3O. The molecule has 0 saturated heterocycles. The van der Waals surface area contributed by atoms with Crippen molar-refractivity contribution in [3.63, 3.8) is 0 Å². The molecule has 1 rings (SSSR count). The van der Waals surface area contributed by atoms with E-state index >= 15 is 0 Å². The van der Waals surface area contributed by atoms with Crippen molar-refractivity contribution < 1.29 is 5.11 Å². The van der Waals surface area contributed by atoms with Gasteiger partial charge in [0.25, 0.3) is 0 Å². The van der Waals surface area contributed by atoms with E-state index < -0.39 is 0 Å². The molecular weight excluding hydrogens is 298 g/mol. The molecule has 0 spiro atoms. The van der Waals surface area contributed by atoms with Gasteiger partial charge in [-0.3, -0.25) is 9.80 Å². The normalized spacial score (nSPS) is 11.6. The van der Waals surface area contributed by atoms with Crippen LogP contribution < -0.4 is 5.73 Å². The number of nitrogens with two attached hydrogens (primary N) is 1. The highest BCUT2D eigenvalue weighted by atomic mass is 16.3. The van der Waals surface area contributed by atoms with Crippen molar-refractivity contribution in [1.29, 1.82) is 0 Å². The molecule has 24 heavy (non-hydrogen) atoms. The summed E-state index contributed by atoms with van der Waals surface area (Å²) in [5.74, 6) is 0.258. The first-order valence-electron chi connectivity index (χ1n) is 9.60. The van der Waals surface area contributed by atoms with Gasteiger partial charge < -0.3 is 10.8 Å². The molecule has 0 amide bonds. The molecule has 3 N–H and O–H groups in total. The summed E-state index contributed by atoms with van der Waals surface area (Å²) < 4.78 is 0. The van der Waals surface area contributed by atoms with E-state index in [0.29, 0.717) is 5.69 Å². The lowest BCUT2D eigenvalue weighted by molar-refractivity contribution is 0.259. The molecule has 0 saturated carbocycles. The molecule has 1 aromatic rings. The minimum absolute atomic E-state index is 0.258. The minimum Gasteiger partial charge on any atom is -0.505 e. The first kappa shape index (κ1) is 20.8. The molecule has 4 heteroatoms. The van der Waals surface area contributed by atoms with E-state index in [1.54, 1.807) is 0 Å². The van der Waals surface area contributed by atoms with Gasteiger partial charge in [0, 0.05) is 18.7 Å². The van der Waals surface area contributed by atoms with Gasteiger partial charge in [-0.25, -0.2) is 0 Å². The van der Waals surface area contributed by atoms with Crippen LogP contribution >= 0.6 is 0 Å².